The van der Waals surface area contributed by atoms with Crippen LogP contribution in [0.25, 0.3) is 0 Å². The summed E-state index contributed by atoms with van der Waals surface area (Å²) in [6.45, 7) is 0. The number of aromatic nitrogens is 2. The lowest BCUT2D eigenvalue weighted by Gasteiger charge is -2.02. The number of rotatable bonds is 6. The van der Waals surface area contributed by atoms with Crippen LogP contribution in [-0.2, 0) is 20.8 Å². The molecule has 1 amide bonds. The third kappa shape index (κ3) is 7.79. The smallest absolute Gasteiger partial charge is 0.321 e. The van der Waals surface area contributed by atoms with E-state index in [1.807, 2.05) is 0 Å². The van der Waals surface area contributed by atoms with Gasteiger partial charge in [0.1, 0.15) is 12.1 Å². The summed E-state index contributed by atoms with van der Waals surface area (Å²) in [5.74, 6) is -2.92. The fraction of sp³-hybridized carbons (Fsp3) is 0.400. The number of aromatic amines is 1. The summed E-state index contributed by atoms with van der Waals surface area (Å²) in [6.07, 6.45) is 3.03. The molecule has 1 rings (SSSR count). The van der Waals surface area contributed by atoms with Crippen molar-refractivity contribution in [2.24, 2.45) is 17.2 Å². The number of nitrogens with two attached hydrogens (primary N) is 3. The van der Waals surface area contributed by atoms with Crippen molar-refractivity contribution in [3.8, 4) is 0 Å². The van der Waals surface area contributed by atoms with Crippen molar-refractivity contribution in [3.05, 3.63) is 18.2 Å². The third-order valence-electron chi connectivity index (χ3n) is 2.05. The second-order valence-corrected chi connectivity index (χ2v) is 3.84. The Morgan fingerprint density at radius 2 is 1.75 bits per heavy atom. The molecule has 20 heavy (non-hydrogen) atoms. The topological polar surface area (TPSA) is 198 Å². The Bertz CT molecular complexity index is 447. The van der Waals surface area contributed by atoms with Crippen LogP contribution in [0, 0.1) is 0 Å². The van der Waals surface area contributed by atoms with E-state index in [1.54, 1.807) is 6.20 Å². The highest BCUT2D eigenvalue weighted by atomic mass is 16.4. The number of carbonyl (C=O) groups is 3. The monoisotopic (exact) mass is 287 g/mol. The number of carboxylic acids is 2. The Morgan fingerprint density at radius 1 is 1.20 bits per heavy atom. The fourth-order valence-electron chi connectivity index (χ4n) is 1.02. The lowest BCUT2D eigenvalue weighted by atomic mass is 10.2. The number of hydrogen-bond acceptors (Lipinski definition) is 6. The molecule has 0 aliphatic heterocycles. The molecule has 2 unspecified atom stereocenters. The van der Waals surface area contributed by atoms with Gasteiger partial charge in [0.15, 0.2) is 0 Å². The maximum absolute atomic E-state index is 10.3. The highest BCUT2D eigenvalue weighted by Crippen LogP contribution is 1.95. The van der Waals surface area contributed by atoms with E-state index in [4.69, 9.17) is 21.7 Å². The molecule has 0 saturated carbocycles. The minimum absolute atomic E-state index is 0.287. The van der Waals surface area contributed by atoms with Gasteiger partial charge in [-0.1, -0.05) is 0 Å². The van der Waals surface area contributed by atoms with Crippen LogP contribution in [0.4, 0.5) is 0 Å². The third-order valence-corrected chi connectivity index (χ3v) is 2.05. The van der Waals surface area contributed by atoms with Crippen LogP contribution in [0.5, 0.6) is 0 Å². The van der Waals surface area contributed by atoms with Crippen molar-refractivity contribution < 1.29 is 24.6 Å². The van der Waals surface area contributed by atoms with Gasteiger partial charge in [-0.2, -0.15) is 0 Å². The van der Waals surface area contributed by atoms with Gasteiger partial charge >= 0.3 is 11.9 Å². The maximum Gasteiger partial charge on any atom is 0.321 e. The van der Waals surface area contributed by atoms with Gasteiger partial charge in [-0.3, -0.25) is 14.4 Å². The summed E-state index contributed by atoms with van der Waals surface area (Å²) in [4.78, 5) is 36.7. The quantitative estimate of drug-likeness (QED) is 0.333. The molecule has 9 N–H and O–H groups in total. The second-order valence-electron chi connectivity index (χ2n) is 3.84. The molecule has 112 valence electrons. The first kappa shape index (κ1) is 17.5. The SMILES string of the molecule is NC(=O)CC(N)C(=O)O.NC(Cc1cnc[nH]1)C(=O)O. The van der Waals surface area contributed by atoms with Gasteiger partial charge in [0.25, 0.3) is 0 Å². The van der Waals surface area contributed by atoms with Gasteiger partial charge in [-0.25, -0.2) is 4.98 Å². The Balaban J connectivity index is 0.000000370. The number of hydrogen-bond donors (Lipinski definition) is 6. The summed E-state index contributed by atoms with van der Waals surface area (Å²) in [7, 11) is 0. The van der Waals surface area contributed by atoms with Crippen LogP contribution in [0.3, 0.4) is 0 Å². The van der Waals surface area contributed by atoms with Crippen molar-refractivity contribution in [3.63, 3.8) is 0 Å². The van der Waals surface area contributed by atoms with Crippen molar-refractivity contribution in [2.45, 2.75) is 24.9 Å². The Hall–Kier alpha value is -2.46. The average Bonchev–Trinajstić information content (AvgIpc) is 2.81. The van der Waals surface area contributed by atoms with E-state index >= 15 is 0 Å². The van der Waals surface area contributed by atoms with E-state index in [0.29, 0.717) is 0 Å². The maximum atomic E-state index is 10.3. The zero-order chi connectivity index (χ0) is 15.7. The number of aliphatic carboxylic acids is 2. The summed E-state index contributed by atoms with van der Waals surface area (Å²) in [6, 6.07) is -2.02. The number of carboxylic acid groups (broad SMARTS) is 2. The molecule has 1 aromatic heterocycles. The van der Waals surface area contributed by atoms with Crippen LogP contribution < -0.4 is 17.2 Å². The Labute approximate surface area is 114 Å². The van der Waals surface area contributed by atoms with Crippen LogP contribution in [0.1, 0.15) is 12.1 Å². The van der Waals surface area contributed by atoms with Gasteiger partial charge in [0, 0.05) is 18.3 Å². The molecule has 0 radical (unpaired) electrons. The summed E-state index contributed by atoms with van der Waals surface area (Å²) < 4.78 is 0. The Morgan fingerprint density at radius 3 is 2.05 bits per heavy atom. The van der Waals surface area contributed by atoms with Crippen molar-refractivity contribution in [1.29, 1.82) is 0 Å². The molecule has 1 heterocycles. The van der Waals surface area contributed by atoms with Crippen LogP contribution in [0.15, 0.2) is 12.5 Å². The highest BCUT2D eigenvalue weighted by molar-refractivity contribution is 5.83. The molecule has 2 atom stereocenters. The number of H-pyrrole nitrogens is 1. The molecule has 0 fully saturated rings. The van der Waals surface area contributed by atoms with Crippen molar-refractivity contribution >= 4 is 17.8 Å². The van der Waals surface area contributed by atoms with E-state index in [-0.39, 0.29) is 12.8 Å². The first-order valence-electron chi connectivity index (χ1n) is 5.46. The van der Waals surface area contributed by atoms with Gasteiger partial charge in [0.05, 0.1) is 12.7 Å². The molecular weight excluding hydrogens is 270 g/mol. The number of nitrogens with one attached hydrogen (secondary N) is 1. The molecule has 10 nitrogen and oxygen atoms in total. The molecule has 0 aromatic carbocycles. The summed E-state index contributed by atoms with van der Waals surface area (Å²) in [5, 5.41) is 16.5. The van der Waals surface area contributed by atoms with E-state index in [0.717, 1.165) is 5.69 Å². The molecule has 10 heteroatoms. The van der Waals surface area contributed by atoms with Gasteiger partial charge in [0.2, 0.25) is 5.91 Å². The minimum Gasteiger partial charge on any atom is -0.480 e. The van der Waals surface area contributed by atoms with Crippen LogP contribution in [0.2, 0.25) is 0 Å². The van der Waals surface area contributed by atoms with Crippen molar-refractivity contribution in [2.75, 3.05) is 0 Å². The lowest BCUT2D eigenvalue weighted by molar-refractivity contribution is -0.140. The van der Waals surface area contributed by atoms with E-state index in [9.17, 15) is 14.4 Å². The minimum atomic E-state index is -1.21. The fourth-order valence-corrected chi connectivity index (χ4v) is 1.02. The lowest BCUT2D eigenvalue weighted by Crippen LogP contribution is -2.34. The second kappa shape index (κ2) is 8.61. The standard InChI is InChI=1S/C6H9N3O2.C4H8N2O3/c7-5(6(10)11)1-4-2-8-3-9-4;5-2(4(8)9)1-3(6)7/h2-3,5H,1,7H2,(H,8,9)(H,10,11);2H,1,5H2,(H2,6,7)(H,8,9). The van der Waals surface area contributed by atoms with E-state index in [2.05, 4.69) is 15.7 Å². The molecule has 0 bridgehead atoms. The van der Waals surface area contributed by atoms with Gasteiger partial charge in [-0.05, 0) is 0 Å². The number of carbonyl (C=O) groups excluding carboxylic acids is 1. The summed E-state index contributed by atoms with van der Waals surface area (Å²) in [5.41, 5.74) is 15.6. The zero-order valence-corrected chi connectivity index (χ0v) is 10.5. The van der Waals surface area contributed by atoms with E-state index in [1.165, 1.54) is 6.33 Å². The van der Waals surface area contributed by atoms with Gasteiger partial charge in [-0.15, -0.1) is 0 Å². The number of primary amides is 1. The number of amides is 1. The normalized spacial score (nSPS) is 12.7. The van der Waals surface area contributed by atoms with E-state index < -0.39 is 29.9 Å². The molecule has 1 aromatic rings. The van der Waals surface area contributed by atoms with Gasteiger partial charge < -0.3 is 32.4 Å². The predicted octanol–water partition coefficient (Wildman–Crippen LogP) is -2.36. The molecular formula is C10H17N5O5. The molecule has 0 aliphatic rings. The first-order valence-corrected chi connectivity index (χ1v) is 5.46. The number of imidazole rings is 1. The molecule has 0 aliphatic carbocycles. The largest absolute Gasteiger partial charge is 0.480 e. The average molecular weight is 287 g/mol. The van der Waals surface area contributed by atoms with Crippen molar-refractivity contribution in [1.82, 2.24) is 9.97 Å². The van der Waals surface area contributed by atoms with Crippen LogP contribution in [-0.4, -0.2) is 50.1 Å². The Kier molecular flexibility index (Phi) is 7.55. The molecule has 0 spiro atoms. The molecule has 0 saturated heterocycles. The van der Waals surface area contributed by atoms with Crippen LogP contribution >= 0.6 is 0 Å². The predicted molar refractivity (Wildman–Crippen MR) is 67.3 cm³/mol. The zero-order valence-electron chi connectivity index (χ0n) is 10.5. The first-order chi connectivity index (χ1) is 9.23. The summed E-state index contributed by atoms with van der Waals surface area (Å²) >= 11 is 0. The highest BCUT2D eigenvalue weighted by Gasteiger charge is 2.13. The number of nitrogens with zero attached hydrogens (tertiary/aromatic N) is 1.